The maximum absolute atomic E-state index is 13.5. The van der Waals surface area contributed by atoms with E-state index in [1.807, 2.05) is 16.7 Å². The SMILES string of the molecule is COc1cc2c(cc1OCc1cccc(F)c1)CCN1Cc3c(c4ccccc4n3CO)CC21. The van der Waals surface area contributed by atoms with Crippen LogP contribution in [-0.4, -0.2) is 28.2 Å². The van der Waals surface area contributed by atoms with Gasteiger partial charge in [-0.25, -0.2) is 4.39 Å². The zero-order valence-corrected chi connectivity index (χ0v) is 19.1. The van der Waals surface area contributed by atoms with Gasteiger partial charge in [0, 0.05) is 30.2 Å². The Morgan fingerprint density at radius 3 is 2.76 bits per heavy atom. The van der Waals surface area contributed by atoms with Gasteiger partial charge in [0.2, 0.25) is 0 Å². The number of aromatic nitrogens is 1. The lowest BCUT2D eigenvalue weighted by atomic mass is 9.85. The highest BCUT2D eigenvalue weighted by Crippen LogP contribution is 2.44. The molecule has 1 unspecified atom stereocenters. The average molecular weight is 459 g/mol. The number of halogens is 1. The van der Waals surface area contributed by atoms with Gasteiger partial charge < -0.3 is 19.1 Å². The second kappa shape index (κ2) is 8.46. The first-order chi connectivity index (χ1) is 16.7. The van der Waals surface area contributed by atoms with Crippen LogP contribution in [0.4, 0.5) is 4.39 Å². The first-order valence-corrected chi connectivity index (χ1v) is 11.7. The van der Waals surface area contributed by atoms with Gasteiger partial charge in [0.25, 0.3) is 0 Å². The van der Waals surface area contributed by atoms with Gasteiger partial charge in [-0.3, -0.25) is 4.90 Å². The molecular formula is C28H27FN2O3. The van der Waals surface area contributed by atoms with Crippen molar-refractivity contribution in [2.24, 2.45) is 0 Å². The van der Waals surface area contributed by atoms with E-state index < -0.39 is 0 Å². The summed E-state index contributed by atoms with van der Waals surface area (Å²) in [5.74, 6) is 1.12. The van der Waals surface area contributed by atoms with E-state index in [4.69, 9.17) is 9.47 Å². The van der Waals surface area contributed by atoms with E-state index in [0.717, 1.165) is 37.0 Å². The van der Waals surface area contributed by atoms with Gasteiger partial charge in [-0.1, -0.05) is 30.3 Å². The van der Waals surface area contributed by atoms with Crippen LogP contribution in [0.3, 0.4) is 0 Å². The number of hydrogen-bond donors (Lipinski definition) is 1. The van der Waals surface area contributed by atoms with Crippen molar-refractivity contribution in [1.82, 2.24) is 9.47 Å². The van der Waals surface area contributed by atoms with Gasteiger partial charge >= 0.3 is 0 Å². The highest BCUT2D eigenvalue weighted by Gasteiger charge is 2.35. The maximum atomic E-state index is 13.5. The van der Waals surface area contributed by atoms with Crippen molar-refractivity contribution >= 4 is 10.9 Å². The Labute approximate surface area is 198 Å². The lowest BCUT2D eigenvalue weighted by Gasteiger charge is -2.41. The van der Waals surface area contributed by atoms with Crippen molar-refractivity contribution in [2.75, 3.05) is 13.7 Å². The summed E-state index contributed by atoms with van der Waals surface area (Å²) in [5, 5.41) is 11.3. The summed E-state index contributed by atoms with van der Waals surface area (Å²) in [6.07, 6.45) is 1.81. The Kier molecular flexibility index (Phi) is 5.27. The largest absolute Gasteiger partial charge is 0.493 e. The van der Waals surface area contributed by atoms with E-state index in [1.165, 1.54) is 39.9 Å². The fraction of sp³-hybridized carbons (Fsp3) is 0.286. The molecule has 5 nitrogen and oxygen atoms in total. The zero-order valence-electron chi connectivity index (χ0n) is 19.1. The van der Waals surface area contributed by atoms with Crippen LogP contribution in [0, 0.1) is 5.82 Å². The molecule has 2 aliphatic rings. The van der Waals surface area contributed by atoms with Crippen molar-refractivity contribution < 1.29 is 19.0 Å². The molecule has 1 N–H and O–H groups in total. The van der Waals surface area contributed by atoms with Gasteiger partial charge in [-0.2, -0.15) is 0 Å². The van der Waals surface area contributed by atoms with Crippen molar-refractivity contribution in [1.29, 1.82) is 0 Å². The number of para-hydroxylation sites is 1. The van der Waals surface area contributed by atoms with Crippen LogP contribution in [0.5, 0.6) is 11.5 Å². The lowest BCUT2D eigenvalue weighted by molar-refractivity contribution is 0.145. The van der Waals surface area contributed by atoms with Gasteiger partial charge in [0.1, 0.15) is 19.2 Å². The number of aliphatic hydroxyl groups is 1. The molecule has 34 heavy (non-hydrogen) atoms. The summed E-state index contributed by atoms with van der Waals surface area (Å²) < 4.78 is 27.4. The summed E-state index contributed by atoms with van der Waals surface area (Å²) >= 11 is 0. The Morgan fingerprint density at radius 2 is 1.94 bits per heavy atom. The number of fused-ring (bicyclic) bond motifs is 6. The summed E-state index contributed by atoms with van der Waals surface area (Å²) in [6.45, 7) is 2.03. The molecule has 3 aromatic carbocycles. The molecule has 0 aliphatic carbocycles. The topological polar surface area (TPSA) is 46.9 Å². The summed E-state index contributed by atoms with van der Waals surface area (Å²) in [7, 11) is 1.66. The molecule has 3 heterocycles. The molecule has 1 aromatic heterocycles. The van der Waals surface area contributed by atoms with Gasteiger partial charge in [0.05, 0.1) is 12.6 Å². The highest BCUT2D eigenvalue weighted by molar-refractivity contribution is 5.86. The fourth-order valence-electron chi connectivity index (χ4n) is 5.63. The molecule has 0 radical (unpaired) electrons. The van der Waals surface area contributed by atoms with E-state index in [1.54, 1.807) is 13.2 Å². The minimum Gasteiger partial charge on any atom is -0.493 e. The van der Waals surface area contributed by atoms with Crippen molar-refractivity contribution in [3.8, 4) is 11.5 Å². The number of ether oxygens (including phenoxy) is 2. The van der Waals surface area contributed by atoms with Gasteiger partial charge in [-0.15, -0.1) is 0 Å². The van der Waals surface area contributed by atoms with Crippen LogP contribution in [-0.2, 0) is 32.7 Å². The Morgan fingerprint density at radius 1 is 1.06 bits per heavy atom. The van der Waals surface area contributed by atoms with Crippen LogP contribution in [0.1, 0.15) is 34.0 Å². The molecule has 0 spiro atoms. The monoisotopic (exact) mass is 458 g/mol. The number of nitrogens with zero attached hydrogens (tertiary/aromatic N) is 2. The van der Waals surface area contributed by atoms with Crippen LogP contribution in [0.2, 0.25) is 0 Å². The Hall–Kier alpha value is -3.35. The predicted molar refractivity (Wildman–Crippen MR) is 128 cm³/mol. The number of aliphatic hydroxyl groups excluding tert-OH is 1. The molecule has 6 heteroatoms. The van der Waals surface area contributed by atoms with Crippen molar-refractivity contribution in [2.45, 2.75) is 38.8 Å². The zero-order chi connectivity index (χ0) is 23.2. The number of rotatable bonds is 5. The standard InChI is InChI=1S/C28H27FN2O3/c1-33-27-14-22-19(12-28(27)34-16-18-5-4-6-20(29)11-18)9-10-30-15-26-23(13-25(22)30)21-7-2-3-8-24(21)31(26)17-32/h2-8,11-12,14,25,32H,9-10,13,15-17H2,1H3. The normalized spacial score (nSPS) is 17.2. The van der Waals surface area contributed by atoms with Crippen molar-refractivity contribution in [3.05, 3.63) is 94.4 Å². The fourth-order valence-corrected chi connectivity index (χ4v) is 5.63. The quantitative estimate of drug-likeness (QED) is 0.459. The van der Waals surface area contributed by atoms with Gasteiger partial charge in [0.15, 0.2) is 11.5 Å². The Bertz CT molecular complexity index is 1380. The minimum atomic E-state index is -0.266. The van der Waals surface area contributed by atoms with E-state index in [-0.39, 0.29) is 25.2 Å². The van der Waals surface area contributed by atoms with Gasteiger partial charge in [-0.05, 0) is 65.4 Å². The first-order valence-electron chi connectivity index (χ1n) is 11.7. The van der Waals surface area contributed by atoms with Crippen LogP contribution in [0.15, 0.2) is 60.7 Å². The first kappa shape index (κ1) is 21.2. The predicted octanol–water partition coefficient (Wildman–Crippen LogP) is 4.97. The van der Waals surface area contributed by atoms with Crippen LogP contribution >= 0.6 is 0 Å². The van der Waals surface area contributed by atoms with E-state index in [2.05, 4.69) is 35.2 Å². The number of benzene rings is 3. The summed E-state index contributed by atoms with van der Waals surface area (Å²) in [5.41, 5.74) is 6.95. The van der Waals surface area contributed by atoms with Crippen LogP contribution < -0.4 is 9.47 Å². The smallest absolute Gasteiger partial charge is 0.161 e. The minimum absolute atomic E-state index is 0.00915. The third-order valence-corrected chi connectivity index (χ3v) is 7.26. The van der Waals surface area contributed by atoms with E-state index in [0.29, 0.717) is 11.5 Å². The van der Waals surface area contributed by atoms with E-state index >= 15 is 0 Å². The van der Waals surface area contributed by atoms with Crippen LogP contribution in [0.25, 0.3) is 10.9 Å². The third kappa shape index (κ3) is 3.45. The van der Waals surface area contributed by atoms with E-state index in [9.17, 15) is 9.50 Å². The maximum Gasteiger partial charge on any atom is 0.161 e. The second-order valence-corrected chi connectivity index (χ2v) is 9.07. The highest BCUT2D eigenvalue weighted by atomic mass is 19.1. The molecule has 0 bridgehead atoms. The molecule has 174 valence electrons. The molecule has 1 atom stereocenters. The third-order valence-electron chi connectivity index (χ3n) is 7.26. The second-order valence-electron chi connectivity index (χ2n) is 9.07. The molecule has 6 rings (SSSR count). The number of methoxy groups -OCH3 is 1. The lowest BCUT2D eigenvalue weighted by Crippen LogP contribution is -2.39. The number of hydrogen-bond acceptors (Lipinski definition) is 4. The molecule has 0 fully saturated rings. The van der Waals surface area contributed by atoms with Crippen molar-refractivity contribution in [3.63, 3.8) is 0 Å². The molecule has 0 saturated heterocycles. The Balaban J connectivity index is 1.34. The molecule has 0 saturated carbocycles. The molecule has 2 aliphatic heterocycles. The molecular weight excluding hydrogens is 431 g/mol. The summed E-state index contributed by atoms with van der Waals surface area (Å²) in [6, 6.07) is 19.3. The summed E-state index contributed by atoms with van der Waals surface area (Å²) in [4.78, 5) is 2.50. The molecule has 4 aromatic rings. The molecule has 0 amide bonds. The average Bonchev–Trinajstić information content (AvgIpc) is 3.18.